The average molecular weight is 335 g/mol. The van der Waals surface area contributed by atoms with Gasteiger partial charge < -0.3 is 0 Å². The topological polar surface area (TPSA) is 30.7 Å². The van der Waals surface area contributed by atoms with Crippen LogP contribution >= 0.6 is 11.3 Å². The van der Waals surface area contributed by atoms with Crippen molar-refractivity contribution in [2.45, 2.75) is 19.4 Å². The van der Waals surface area contributed by atoms with Gasteiger partial charge in [-0.05, 0) is 42.7 Å². The molecule has 1 aliphatic rings. The highest BCUT2D eigenvalue weighted by Crippen LogP contribution is 2.38. The first kappa shape index (κ1) is 13.9. The lowest BCUT2D eigenvalue weighted by molar-refractivity contribution is 0.627. The fourth-order valence-electron chi connectivity index (χ4n) is 3.48. The molecule has 3 heterocycles. The van der Waals surface area contributed by atoms with E-state index in [-0.39, 0.29) is 5.82 Å². The smallest absolute Gasteiger partial charge is 0.123 e. The summed E-state index contributed by atoms with van der Waals surface area (Å²) in [5, 5.41) is 4.78. The molecule has 24 heavy (non-hydrogen) atoms. The van der Waals surface area contributed by atoms with Crippen LogP contribution in [0.25, 0.3) is 32.6 Å². The van der Waals surface area contributed by atoms with Gasteiger partial charge in [0.2, 0.25) is 0 Å². The molecule has 0 radical (unpaired) electrons. The van der Waals surface area contributed by atoms with E-state index in [2.05, 4.69) is 27.9 Å². The van der Waals surface area contributed by atoms with Crippen LogP contribution in [-0.4, -0.2) is 14.8 Å². The largest absolute Gasteiger partial charge is 0.268 e. The minimum absolute atomic E-state index is 0.232. The number of aryl methyl sites for hydroxylation is 1. The van der Waals surface area contributed by atoms with Crippen LogP contribution in [0.4, 0.5) is 4.39 Å². The Balaban J connectivity index is 1.77. The van der Waals surface area contributed by atoms with Gasteiger partial charge in [0.15, 0.2) is 0 Å². The van der Waals surface area contributed by atoms with E-state index in [1.54, 1.807) is 23.5 Å². The Hall–Kier alpha value is -2.53. The minimum Gasteiger partial charge on any atom is -0.268 e. The third-order valence-corrected chi connectivity index (χ3v) is 5.35. The molecule has 0 amide bonds. The highest BCUT2D eigenvalue weighted by Gasteiger charge is 2.24. The van der Waals surface area contributed by atoms with E-state index in [0.717, 1.165) is 52.0 Å². The first-order valence-electron chi connectivity index (χ1n) is 7.99. The average Bonchev–Trinajstić information content (AvgIpc) is 3.29. The lowest BCUT2D eigenvalue weighted by atomic mass is 9.97. The van der Waals surface area contributed by atoms with Crippen molar-refractivity contribution in [1.82, 2.24) is 14.8 Å². The summed E-state index contributed by atoms with van der Waals surface area (Å²) in [7, 11) is 0. The van der Waals surface area contributed by atoms with Gasteiger partial charge in [0.25, 0.3) is 0 Å². The molecule has 3 nitrogen and oxygen atoms in total. The molecule has 0 atom stereocenters. The van der Waals surface area contributed by atoms with Crippen molar-refractivity contribution in [2.75, 3.05) is 0 Å². The van der Waals surface area contributed by atoms with E-state index in [4.69, 9.17) is 5.10 Å². The number of hydrogen-bond donors (Lipinski definition) is 0. The van der Waals surface area contributed by atoms with E-state index in [1.807, 2.05) is 11.6 Å². The number of thiazole rings is 1. The van der Waals surface area contributed by atoms with Crippen LogP contribution in [0.2, 0.25) is 0 Å². The summed E-state index contributed by atoms with van der Waals surface area (Å²) in [4.78, 5) is 4.35. The molecule has 0 unspecified atom stereocenters. The molecule has 0 aliphatic carbocycles. The Labute approximate surface area is 142 Å². The summed E-state index contributed by atoms with van der Waals surface area (Å²) < 4.78 is 17.0. The molecule has 0 bridgehead atoms. The van der Waals surface area contributed by atoms with Gasteiger partial charge in [0.1, 0.15) is 11.5 Å². The highest BCUT2D eigenvalue weighted by molar-refractivity contribution is 7.16. The highest BCUT2D eigenvalue weighted by atomic mass is 32.1. The number of nitrogens with zero attached hydrogens (tertiary/aromatic N) is 3. The predicted molar refractivity (Wildman–Crippen MR) is 94.6 cm³/mol. The SMILES string of the molecule is Fc1cccc(-c2nn3c(c2-c2ccc4ncsc4c2)CCC3)c1. The molecular weight excluding hydrogens is 321 g/mol. The van der Waals surface area contributed by atoms with E-state index >= 15 is 0 Å². The van der Waals surface area contributed by atoms with Crippen LogP contribution < -0.4 is 0 Å². The molecule has 0 saturated heterocycles. The number of benzene rings is 2. The zero-order valence-corrected chi connectivity index (χ0v) is 13.7. The van der Waals surface area contributed by atoms with Crippen LogP contribution in [-0.2, 0) is 13.0 Å². The summed E-state index contributed by atoms with van der Waals surface area (Å²) in [6.07, 6.45) is 2.12. The fraction of sp³-hybridized carbons (Fsp3) is 0.158. The second-order valence-corrected chi connectivity index (χ2v) is 6.93. The minimum atomic E-state index is -0.232. The molecule has 118 valence electrons. The molecule has 1 aliphatic heterocycles. The quantitative estimate of drug-likeness (QED) is 0.521. The van der Waals surface area contributed by atoms with Gasteiger partial charge in [-0.3, -0.25) is 4.68 Å². The van der Waals surface area contributed by atoms with Gasteiger partial charge in [0, 0.05) is 23.4 Å². The zero-order valence-electron chi connectivity index (χ0n) is 12.9. The molecule has 2 aromatic carbocycles. The van der Waals surface area contributed by atoms with Crippen molar-refractivity contribution in [1.29, 1.82) is 0 Å². The fourth-order valence-corrected chi connectivity index (χ4v) is 4.20. The molecule has 5 heteroatoms. The van der Waals surface area contributed by atoms with Crippen LogP contribution in [0.1, 0.15) is 12.1 Å². The summed E-state index contributed by atoms with van der Waals surface area (Å²) in [6.45, 7) is 0.931. The van der Waals surface area contributed by atoms with Crippen molar-refractivity contribution in [3.63, 3.8) is 0 Å². The Kier molecular flexibility index (Phi) is 3.03. The van der Waals surface area contributed by atoms with Crippen LogP contribution in [0.5, 0.6) is 0 Å². The molecule has 5 rings (SSSR count). The lowest BCUT2D eigenvalue weighted by Crippen LogP contribution is -1.94. The molecule has 2 aromatic heterocycles. The second-order valence-electron chi connectivity index (χ2n) is 6.04. The Morgan fingerprint density at radius 1 is 1.08 bits per heavy atom. The summed E-state index contributed by atoms with van der Waals surface area (Å²) in [5.74, 6) is -0.232. The molecule has 0 fully saturated rings. The lowest BCUT2D eigenvalue weighted by Gasteiger charge is -2.06. The zero-order chi connectivity index (χ0) is 16.1. The van der Waals surface area contributed by atoms with Gasteiger partial charge in [0.05, 0.1) is 15.7 Å². The molecule has 0 spiro atoms. The third kappa shape index (κ3) is 2.08. The number of hydrogen-bond acceptors (Lipinski definition) is 3. The van der Waals surface area contributed by atoms with Gasteiger partial charge in [-0.2, -0.15) is 5.10 Å². The van der Waals surface area contributed by atoms with Crippen molar-refractivity contribution in [3.8, 4) is 22.4 Å². The second kappa shape index (κ2) is 5.24. The Morgan fingerprint density at radius 2 is 2.04 bits per heavy atom. The van der Waals surface area contributed by atoms with Gasteiger partial charge in [-0.25, -0.2) is 9.37 Å². The maximum absolute atomic E-state index is 13.7. The third-order valence-electron chi connectivity index (χ3n) is 4.56. The van der Waals surface area contributed by atoms with E-state index < -0.39 is 0 Å². The normalized spacial score (nSPS) is 13.5. The molecular formula is C19H14FN3S. The maximum Gasteiger partial charge on any atom is 0.123 e. The van der Waals surface area contributed by atoms with E-state index in [9.17, 15) is 4.39 Å². The van der Waals surface area contributed by atoms with E-state index in [1.165, 1.54) is 11.8 Å². The van der Waals surface area contributed by atoms with Crippen molar-refractivity contribution >= 4 is 21.6 Å². The Bertz CT molecular complexity index is 1060. The number of fused-ring (bicyclic) bond motifs is 2. The van der Waals surface area contributed by atoms with Crippen molar-refractivity contribution < 1.29 is 4.39 Å². The van der Waals surface area contributed by atoms with Gasteiger partial charge >= 0.3 is 0 Å². The number of halogens is 1. The van der Waals surface area contributed by atoms with Crippen LogP contribution in [0, 0.1) is 5.82 Å². The standard InChI is InChI=1S/C19H14FN3S/c20-14-4-1-3-13(9-14)19-18(16-5-2-8-23(16)22-19)12-6-7-15-17(10-12)24-11-21-15/h1,3-4,6-7,9-11H,2,5,8H2. The molecule has 0 N–H and O–H groups in total. The molecule has 0 saturated carbocycles. The summed E-state index contributed by atoms with van der Waals surface area (Å²) >= 11 is 1.64. The predicted octanol–water partition coefficient (Wildman–Crippen LogP) is 4.91. The van der Waals surface area contributed by atoms with E-state index in [0.29, 0.717) is 0 Å². The van der Waals surface area contributed by atoms with Crippen molar-refractivity contribution in [2.24, 2.45) is 0 Å². The monoisotopic (exact) mass is 335 g/mol. The number of aromatic nitrogens is 3. The van der Waals surface area contributed by atoms with Gasteiger partial charge in [-0.15, -0.1) is 11.3 Å². The van der Waals surface area contributed by atoms with Crippen LogP contribution in [0.3, 0.4) is 0 Å². The first-order valence-corrected chi connectivity index (χ1v) is 8.87. The van der Waals surface area contributed by atoms with Crippen molar-refractivity contribution in [3.05, 3.63) is 59.5 Å². The summed E-state index contributed by atoms with van der Waals surface area (Å²) in [5.41, 5.74) is 8.09. The molecule has 4 aromatic rings. The first-order chi connectivity index (χ1) is 11.8. The Morgan fingerprint density at radius 3 is 2.96 bits per heavy atom. The van der Waals surface area contributed by atoms with Crippen LogP contribution in [0.15, 0.2) is 48.0 Å². The van der Waals surface area contributed by atoms with Gasteiger partial charge in [-0.1, -0.05) is 18.2 Å². The number of rotatable bonds is 2. The summed E-state index contributed by atoms with van der Waals surface area (Å²) in [6, 6.07) is 13.0. The maximum atomic E-state index is 13.7.